The topological polar surface area (TPSA) is 20.2 Å². The fourth-order valence-electron chi connectivity index (χ4n) is 4.80. The third kappa shape index (κ3) is 2.78. The van der Waals surface area contributed by atoms with Gasteiger partial charge >= 0.3 is 0 Å². The Labute approximate surface area is 180 Å². The quantitative estimate of drug-likeness (QED) is 0.293. The number of fused-ring (bicyclic) bond motifs is 5. The van der Waals surface area contributed by atoms with Crippen molar-refractivity contribution in [2.24, 2.45) is 0 Å². The van der Waals surface area contributed by atoms with Gasteiger partial charge in [0.2, 0.25) is 0 Å². The summed E-state index contributed by atoms with van der Waals surface area (Å²) in [7, 11) is 0. The van der Waals surface area contributed by atoms with Gasteiger partial charge in [0.25, 0.3) is 0 Å². The molecule has 6 aromatic carbocycles. The number of hydrogen-bond donors (Lipinski definition) is 1. The Bertz CT molecular complexity index is 1570. The van der Waals surface area contributed by atoms with Crippen molar-refractivity contribution >= 4 is 32.3 Å². The lowest BCUT2D eigenvalue weighted by molar-refractivity contribution is 0.476. The van der Waals surface area contributed by atoms with Gasteiger partial charge in [-0.3, -0.25) is 0 Å². The van der Waals surface area contributed by atoms with Crippen LogP contribution < -0.4 is 0 Å². The fraction of sp³-hybridized carbons (Fsp3) is 0. The number of rotatable bonds is 2. The van der Waals surface area contributed by atoms with Gasteiger partial charge < -0.3 is 5.11 Å². The second-order valence-corrected chi connectivity index (χ2v) is 7.92. The maximum Gasteiger partial charge on any atom is 0.116 e. The Kier molecular flexibility index (Phi) is 4.00. The zero-order chi connectivity index (χ0) is 20.8. The van der Waals surface area contributed by atoms with Crippen LogP contribution in [0.25, 0.3) is 54.6 Å². The number of hydrogen-bond acceptors (Lipinski definition) is 1. The molecule has 0 fully saturated rings. The van der Waals surface area contributed by atoms with Crippen LogP contribution in [0, 0.1) is 0 Å². The molecule has 1 N–H and O–H groups in total. The second kappa shape index (κ2) is 7.00. The predicted octanol–water partition coefficient (Wildman–Crippen LogP) is 8.19. The molecule has 0 aromatic heterocycles. The summed E-state index contributed by atoms with van der Waals surface area (Å²) >= 11 is 0. The summed E-state index contributed by atoms with van der Waals surface area (Å²) in [6.45, 7) is 0. The van der Waals surface area contributed by atoms with E-state index in [9.17, 15) is 5.11 Å². The zero-order valence-electron chi connectivity index (χ0n) is 16.9. The molecule has 1 nitrogen and oxygen atoms in total. The molecule has 0 aliphatic rings. The van der Waals surface area contributed by atoms with Gasteiger partial charge in [0.1, 0.15) is 5.75 Å². The Hall–Kier alpha value is -4.10. The number of phenolic OH excluding ortho intramolecular Hbond substituents is 1. The molecular weight excluding hydrogens is 376 g/mol. The molecule has 0 unspecified atom stereocenters. The van der Waals surface area contributed by atoms with Crippen LogP contribution in [0.2, 0.25) is 0 Å². The molecule has 0 amide bonds. The minimum Gasteiger partial charge on any atom is -0.508 e. The highest BCUT2D eigenvalue weighted by atomic mass is 16.3. The summed E-state index contributed by atoms with van der Waals surface area (Å²) < 4.78 is 0. The molecule has 31 heavy (non-hydrogen) atoms. The van der Waals surface area contributed by atoms with Crippen molar-refractivity contribution in [3.8, 4) is 28.0 Å². The first kappa shape index (κ1) is 17.7. The van der Waals surface area contributed by atoms with Crippen molar-refractivity contribution in [3.05, 3.63) is 115 Å². The summed E-state index contributed by atoms with van der Waals surface area (Å²) in [5.41, 5.74) is 4.88. The van der Waals surface area contributed by atoms with E-state index in [4.69, 9.17) is 0 Å². The average molecular weight is 396 g/mol. The minimum absolute atomic E-state index is 0.289. The van der Waals surface area contributed by atoms with Crippen LogP contribution in [0.5, 0.6) is 5.75 Å². The van der Waals surface area contributed by atoms with Crippen LogP contribution in [-0.2, 0) is 0 Å². The van der Waals surface area contributed by atoms with Gasteiger partial charge in [0.15, 0.2) is 0 Å². The highest BCUT2D eigenvalue weighted by Gasteiger charge is 2.19. The monoisotopic (exact) mass is 396 g/mol. The molecule has 0 bridgehead atoms. The van der Waals surface area contributed by atoms with E-state index in [1.165, 1.54) is 43.8 Å². The van der Waals surface area contributed by atoms with Crippen molar-refractivity contribution in [1.82, 2.24) is 0 Å². The van der Waals surface area contributed by atoms with E-state index in [-0.39, 0.29) is 5.75 Å². The Morgan fingerprint density at radius 3 is 1.71 bits per heavy atom. The van der Waals surface area contributed by atoms with Crippen LogP contribution in [0.4, 0.5) is 0 Å². The van der Waals surface area contributed by atoms with Crippen LogP contribution >= 0.6 is 0 Å². The van der Waals surface area contributed by atoms with E-state index in [1.807, 2.05) is 12.1 Å². The van der Waals surface area contributed by atoms with E-state index >= 15 is 0 Å². The molecule has 0 aliphatic heterocycles. The van der Waals surface area contributed by atoms with E-state index in [0.717, 1.165) is 10.8 Å². The maximum absolute atomic E-state index is 10.1. The summed E-state index contributed by atoms with van der Waals surface area (Å²) in [6, 6.07) is 39.9. The van der Waals surface area contributed by atoms with E-state index in [1.54, 1.807) is 6.07 Å². The normalized spacial score (nSPS) is 11.4. The van der Waals surface area contributed by atoms with Gasteiger partial charge in [0.05, 0.1) is 0 Å². The number of phenols is 1. The molecule has 6 aromatic rings. The van der Waals surface area contributed by atoms with Crippen molar-refractivity contribution in [2.45, 2.75) is 0 Å². The molecule has 0 heterocycles. The lowest BCUT2D eigenvalue weighted by Crippen LogP contribution is -1.92. The molecule has 6 rings (SSSR count). The minimum atomic E-state index is 0.289. The third-order valence-corrected chi connectivity index (χ3v) is 6.11. The van der Waals surface area contributed by atoms with E-state index in [2.05, 4.69) is 97.1 Å². The Balaban J connectivity index is 1.94. The lowest BCUT2D eigenvalue weighted by Gasteiger charge is -2.20. The molecule has 0 aliphatic carbocycles. The van der Waals surface area contributed by atoms with E-state index in [0.29, 0.717) is 0 Å². The second-order valence-electron chi connectivity index (χ2n) is 7.92. The highest BCUT2D eigenvalue weighted by Crippen LogP contribution is 2.46. The lowest BCUT2D eigenvalue weighted by atomic mass is 9.83. The molecule has 0 spiro atoms. The third-order valence-electron chi connectivity index (χ3n) is 6.11. The molecule has 146 valence electrons. The zero-order valence-corrected chi connectivity index (χ0v) is 16.9. The molecule has 0 radical (unpaired) electrons. The smallest absolute Gasteiger partial charge is 0.116 e. The average Bonchev–Trinajstić information content (AvgIpc) is 2.83. The Morgan fingerprint density at radius 1 is 0.419 bits per heavy atom. The van der Waals surface area contributed by atoms with Crippen LogP contribution in [-0.4, -0.2) is 5.11 Å². The van der Waals surface area contributed by atoms with Crippen LogP contribution in [0.15, 0.2) is 115 Å². The summed E-state index contributed by atoms with van der Waals surface area (Å²) in [5, 5.41) is 17.2. The van der Waals surface area contributed by atoms with Gasteiger partial charge in [-0.15, -0.1) is 0 Å². The largest absolute Gasteiger partial charge is 0.508 e. The van der Waals surface area contributed by atoms with Gasteiger partial charge in [-0.2, -0.15) is 0 Å². The van der Waals surface area contributed by atoms with Gasteiger partial charge in [-0.1, -0.05) is 103 Å². The van der Waals surface area contributed by atoms with Crippen molar-refractivity contribution < 1.29 is 5.11 Å². The van der Waals surface area contributed by atoms with Crippen molar-refractivity contribution in [3.63, 3.8) is 0 Å². The van der Waals surface area contributed by atoms with Gasteiger partial charge in [-0.25, -0.2) is 0 Å². The van der Waals surface area contributed by atoms with Crippen LogP contribution in [0.3, 0.4) is 0 Å². The first-order chi connectivity index (χ1) is 15.3. The highest BCUT2D eigenvalue weighted by molar-refractivity contribution is 6.28. The molecule has 1 heteroatoms. The maximum atomic E-state index is 10.1. The standard InChI is InChI=1S/C30H20O/c31-23-16-18-24-22(19-23)15-17-27-25-13-7-8-14-26(25)28(20-9-3-1-4-10-20)29(30(24)27)21-11-5-2-6-12-21/h1-19,31H. The summed E-state index contributed by atoms with van der Waals surface area (Å²) in [5.74, 6) is 0.289. The number of aromatic hydroxyl groups is 1. The van der Waals surface area contributed by atoms with E-state index < -0.39 is 0 Å². The number of benzene rings is 6. The molecule has 0 saturated carbocycles. The van der Waals surface area contributed by atoms with Crippen molar-refractivity contribution in [1.29, 1.82) is 0 Å². The van der Waals surface area contributed by atoms with Crippen LogP contribution in [0.1, 0.15) is 0 Å². The van der Waals surface area contributed by atoms with Gasteiger partial charge in [-0.05, 0) is 66.7 Å². The summed E-state index contributed by atoms with van der Waals surface area (Å²) in [6.07, 6.45) is 0. The Morgan fingerprint density at radius 2 is 1.00 bits per heavy atom. The van der Waals surface area contributed by atoms with Gasteiger partial charge in [0, 0.05) is 0 Å². The van der Waals surface area contributed by atoms with Crippen molar-refractivity contribution in [2.75, 3.05) is 0 Å². The SMILES string of the molecule is Oc1ccc2c(ccc3c4ccccc4c(-c4ccccc4)c(-c4ccccc4)c23)c1. The fourth-order valence-corrected chi connectivity index (χ4v) is 4.80. The first-order valence-corrected chi connectivity index (χ1v) is 10.5. The molecular formula is C30H20O. The first-order valence-electron chi connectivity index (χ1n) is 10.5. The molecule has 0 atom stereocenters. The summed E-state index contributed by atoms with van der Waals surface area (Å²) in [4.78, 5) is 0. The predicted molar refractivity (Wildman–Crippen MR) is 131 cm³/mol. The molecule has 0 saturated heterocycles.